The number of nitrogens with zero attached hydrogens (tertiary/aromatic N) is 2. The van der Waals surface area contributed by atoms with Gasteiger partial charge in [-0.1, -0.05) is 11.6 Å². The van der Waals surface area contributed by atoms with Crippen LogP contribution in [0.15, 0.2) is 41.0 Å². The molecule has 0 aliphatic rings. The van der Waals surface area contributed by atoms with Gasteiger partial charge in [-0.2, -0.15) is 0 Å². The Balaban J connectivity index is 2.39. The molecule has 88 valence electrons. The Labute approximate surface area is 112 Å². The van der Waals surface area contributed by atoms with E-state index in [0.29, 0.717) is 16.5 Å². The Kier molecular flexibility index (Phi) is 3.64. The van der Waals surface area contributed by atoms with Crippen molar-refractivity contribution in [2.75, 3.05) is 11.9 Å². The molecule has 0 amide bonds. The van der Waals surface area contributed by atoms with Crippen LogP contribution in [0.25, 0.3) is 0 Å². The molecule has 0 atom stereocenters. The molecular weight excluding hydrogens is 307 g/mol. The molecule has 1 aromatic heterocycles. The molecule has 2 rings (SSSR count). The van der Waals surface area contributed by atoms with Crippen molar-refractivity contribution in [1.29, 1.82) is 0 Å². The van der Waals surface area contributed by atoms with Gasteiger partial charge in [0.2, 0.25) is 0 Å². The Morgan fingerprint density at radius 1 is 1.29 bits per heavy atom. The second-order valence-corrected chi connectivity index (χ2v) is 4.84. The van der Waals surface area contributed by atoms with Gasteiger partial charge >= 0.3 is 0 Å². The van der Waals surface area contributed by atoms with Gasteiger partial charge in [-0.05, 0) is 46.3 Å². The molecule has 2 nitrogen and oxygen atoms in total. The van der Waals surface area contributed by atoms with E-state index in [0.717, 1.165) is 4.47 Å². The van der Waals surface area contributed by atoms with E-state index in [4.69, 9.17) is 11.6 Å². The van der Waals surface area contributed by atoms with E-state index in [1.165, 1.54) is 12.1 Å². The van der Waals surface area contributed by atoms with Gasteiger partial charge in [-0.3, -0.25) is 0 Å². The number of benzene rings is 1. The first-order valence-corrected chi connectivity index (χ1v) is 6.05. The van der Waals surface area contributed by atoms with E-state index < -0.39 is 0 Å². The Morgan fingerprint density at radius 3 is 2.71 bits per heavy atom. The number of halogens is 3. The standard InChI is InChI=1S/C12H9BrClFN2/c1-17(12-5-2-8(13)7-16-12)11-6-9(14)3-4-10(11)15/h2-7H,1H3. The topological polar surface area (TPSA) is 16.1 Å². The van der Waals surface area contributed by atoms with Gasteiger partial charge in [0.1, 0.15) is 11.6 Å². The zero-order valence-corrected chi connectivity index (χ0v) is 11.3. The molecule has 0 saturated carbocycles. The molecule has 5 heteroatoms. The van der Waals surface area contributed by atoms with Gasteiger partial charge < -0.3 is 4.90 Å². The summed E-state index contributed by atoms with van der Waals surface area (Å²) in [5.41, 5.74) is 0.396. The fraction of sp³-hybridized carbons (Fsp3) is 0.0833. The van der Waals surface area contributed by atoms with Crippen LogP contribution in [0, 0.1) is 5.82 Å². The fourth-order valence-electron chi connectivity index (χ4n) is 1.43. The molecule has 1 aromatic carbocycles. The smallest absolute Gasteiger partial charge is 0.146 e. The van der Waals surface area contributed by atoms with Crippen molar-refractivity contribution in [1.82, 2.24) is 4.98 Å². The summed E-state index contributed by atoms with van der Waals surface area (Å²) in [6, 6.07) is 8.07. The third-order valence-corrected chi connectivity index (χ3v) is 3.03. The first kappa shape index (κ1) is 12.3. The van der Waals surface area contributed by atoms with Crippen LogP contribution in [0.3, 0.4) is 0 Å². The van der Waals surface area contributed by atoms with Crippen LogP contribution in [-0.4, -0.2) is 12.0 Å². The highest BCUT2D eigenvalue weighted by Crippen LogP contribution is 2.27. The lowest BCUT2D eigenvalue weighted by Gasteiger charge is -2.19. The number of hydrogen-bond acceptors (Lipinski definition) is 2. The lowest BCUT2D eigenvalue weighted by atomic mass is 10.2. The average Bonchev–Trinajstić information content (AvgIpc) is 2.32. The number of pyridine rings is 1. The zero-order chi connectivity index (χ0) is 12.4. The fourth-order valence-corrected chi connectivity index (χ4v) is 1.83. The van der Waals surface area contributed by atoms with Crippen molar-refractivity contribution in [3.05, 3.63) is 51.8 Å². The lowest BCUT2D eigenvalue weighted by molar-refractivity contribution is 0.627. The number of hydrogen-bond donors (Lipinski definition) is 0. The van der Waals surface area contributed by atoms with Crippen molar-refractivity contribution < 1.29 is 4.39 Å². The highest BCUT2D eigenvalue weighted by Gasteiger charge is 2.10. The molecule has 0 bridgehead atoms. The second-order valence-electron chi connectivity index (χ2n) is 3.49. The predicted octanol–water partition coefficient (Wildman–Crippen LogP) is 4.40. The third kappa shape index (κ3) is 2.76. The maximum atomic E-state index is 13.6. The molecule has 0 N–H and O–H groups in total. The van der Waals surface area contributed by atoms with E-state index in [1.54, 1.807) is 30.3 Å². The molecule has 2 aromatic rings. The first-order valence-electron chi connectivity index (χ1n) is 4.88. The summed E-state index contributed by atoms with van der Waals surface area (Å²) in [6.45, 7) is 0. The van der Waals surface area contributed by atoms with E-state index in [1.807, 2.05) is 6.07 Å². The predicted molar refractivity (Wildman–Crippen MR) is 71.4 cm³/mol. The maximum Gasteiger partial charge on any atom is 0.146 e. The van der Waals surface area contributed by atoms with Crippen LogP contribution in [0.1, 0.15) is 0 Å². The molecule has 17 heavy (non-hydrogen) atoms. The van der Waals surface area contributed by atoms with Crippen LogP contribution in [0.4, 0.5) is 15.9 Å². The molecule has 0 aliphatic heterocycles. The third-order valence-electron chi connectivity index (χ3n) is 2.32. The lowest BCUT2D eigenvalue weighted by Crippen LogP contribution is -2.12. The van der Waals surface area contributed by atoms with Gasteiger partial charge in [-0.15, -0.1) is 0 Å². The minimum atomic E-state index is -0.332. The van der Waals surface area contributed by atoms with Gasteiger partial charge in [0.15, 0.2) is 0 Å². The summed E-state index contributed by atoms with van der Waals surface area (Å²) < 4.78 is 14.5. The van der Waals surface area contributed by atoms with E-state index in [2.05, 4.69) is 20.9 Å². The van der Waals surface area contributed by atoms with Crippen molar-refractivity contribution in [3.63, 3.8) is 0 Å². The van der Waals surface area contributed by atoms with Crippen LogP contribution in [0.2, 0.25) is 5.02 Å². The molecule has 0 radical (unpaired) electrons. The molecule has 0 saturated heterocycles. The quantitative estimate of drug-likeness (QED) is 0.816. The number of aromatic nitrogens is 1. The number of rotatable bonds is 2. The molecule has 0 fully saturated rings. The normalized spacial score (nSPS) is 10.4. The monoisotopic (exact) mass is 314 g/mol. The average molecular weight is 316 g/mol. The van der Waals surface area contributed by atoms with Gasteiger partial charge in [0, 0.05) is 22.7 Å². The Hall–Kier alpha value is -1.13. The SMILES string of the molecule is CN(c1ccc(Br)cn1)c1cc(Cl)ccc1F. The van der Waals surface area contributed by atoms with Crippen LogP contribution in [-0.2, 0) is 0 Å². The van der Waals surface area contributed by atoms with Crippen molar-refractivity contribution in [3.8, 4) is 0 Å². The number of anilines is 2. The van der Waals surface area contributed by atoms with E-state index in [9.17, 15) is 4.39 Å². The highest BCUT2D eigenvalue weighted by atomic mass is 79.9. The summed E-state index contributed by atoms with van der Waals surface area (Å²) in [5.74, 6) is 0.316. The van der Waals surface area contributed by atoms with Crippen molar-refractivity contribution in [2.45, 2.75) is 0 Å². The van der Waals surface area contributed by atoms with Crippen LogP contribution < -0.4 is 4.90 Å². The van der Waals surface area contributed by atoms with Gasteiger partial charge in [0.25, 0.3) is 0 Å². The summed E-state index contributed by atoms with van der Waals surface area (Å²) in [4.78, 5) is 5.84. The Bertz CT molecular complexity index is 531. The first-order chi connectivity index (χ1) is 8.08. The highest BCUT2D eigenvalue weighted by molar-refractivity contribution is 9.10. The molecule has 0 unspecified atom stereocenters. The van der Waals surface area contributed by atoms with E-state index >= 15 is 0 Å². The van der Waals surface area contributed by atoms with Crippen molar-refractivity contribution in [2.24, 2.45) is 0 Å². The van der Waals surface area contributed by atoms with Crippen LogP contribution in [0.5, 0.6) is 0 Å². The van der Waals surface area contributed by atoms with Gasteiger partial charge in [-0.25, -0.2) is 9.37 Å². The minimum absolute atomic E-state index is 0.332. The summed E-state index contributed by atoms with van der Waals surface area (Å²) in [5, 5.41) is 0.491. The molecular formula is C12H9BrClFN2. The molecule has 0 spiro atoms. The van der Waals surface area contributed by atoms with Crippen LogP contribution >= 0.6 is 27.5 Å². The second kappa shape index (κ2) is 5.02. The maximum absolute atomic E-state index is 13.6. The summed E-state index contributed by atoms with van der Waals surface area (Å²) in [6.07, 6.45) is 1.66. The van der Waals surface area contributed by atoms with E-state index in [-0.39, 0.29) is 5.82 Å². The summed E-state index contributed by atoms with van der Waals surface area (Å²) in [7, 11) is 1.74. The molecule has 0 aliphatic carbocycles. The van der Waals surface area contributed by atoms with Crippen molar-refractivity contribution >= 4 is 39.0 Å². The molecule has 1 heterocycles. The Morgan fingerprint density at radius 2 is 2.06 bits per heavy atom. The minimum Gasteiger partial charge on any atom is -0.327 e. The summed E-state index contributed by atoms with van der Waals surface area (Å²) >= 11 is 9.15. The largest absolute Gasteiger partial charge is 0.327 e. The van der Waals surface area contributed by atoms with Gasteiger partial charge in [0.05, 0.1) is 5.69 Å². The zero-order valence-electron chi connectivity index (χ0n) is 8.99.